The van der Waals surface area contributed by atoms with E-state index in [0.29, 0.717) is 13.1 Å². The number of nitrogens with one attached hydrogen (secondary N) is 1. The fourth-order valence-electron chi connectivity index (χ4n) is 3.29. The summed E-state index contributed by atoms with van der Waals surface area (Å²) in [5, 5.41) is 4.33. The zero-order chi connectivity index (χ0) is 16.8. The van der Waals surface area contributed by atoms with Crippen molar-refractivity contribution in [3.8, 4) is 0 Å². The average molecular weight is 330 g/mol. The van der Waals surface area contributed by atoms with Crippen molar-refractivity contribution in [3.05, 3.63) is 53.0 Å². The highest BCUT2D eigenvalue weighted by Gasteiger charge is 2.24. The fraction of sp³-hybridized carbons (Fsp3) is 0.294. The Bertz CT molecular complexity index is 905. The molecule has 3 heterocycles. The normalized spacial score (nSPS) is 14.7. The highest BCUT2D eigenvalue weighted by Crippen LogP contribution is 2.24. The molecule has 0 radical (unpaired) electrons. The minimum absolute atomic E-state index is 0.0234. The van der Waals surface area contributed by atoms with E-state index < -0.39 is 11.6 Å². The number of hydrogen-bond acceptors (Lipinski definition) is 2. The molecule has 5 nitrogen and oxygen atoms in total. The van der Waals surface area contributed by atoms with Gasteiger partial charge in [-0.3, -0.25) is 9.48 Å². The predicted octanol–water partition coefficient (Wildman–Crippen LogP) is 2.77. The molecule has 4 rings (SSSR count). The van der Waals surface area contributed by atoms with E-state index in [0.717, 1.165) is 36.2 Å². The van der Waals surface area contributed by atoms with Crippen LogP contribution in [0.3, 0.4) is 0 Å². The van der Waals surface area contributed by atoms with Gasteiger partial charge in [0.25, 0.3) is 5.91 Å². The van der Waals surface area contributed by atoms with Gasteiger partial charge in [-0.15, -0.1) is 0 Å². The number of aryl methyl sites for hydroxylation is 1. The van der Waals surface area contributed by atoms with Gasteiger partial charge in [0.15, 0.2) is 0 Å². The molecule has 7 heteroatoms. The highest BCUT2D eigenvalue weighted by atomic mass is 19.1. The number of benzene rings is 1. The molecule has 0 aliphatic carbocycles. The largest absolute Gasteiger partial charge is 0.348 e. The lowest BCUT2D eigenvalue weighted by Gasteiger charge is -2.19. The summed E-state index contributed by atoms with van der Waals surface area (Å²) in [7, 11) is 1.89. The Hall–Kier alpha value is -2.70. The van der Waals surface area contributed by atoms with Crippen LogP contribution in [-0.2, 0) is 20.0 Å². The Morgan fingerprint density at radius 3 is 2.88 bits per heavy atom. The molecule has 2 aromatic heterocycles. The van der Waals surface area contributed by atoms with E-state index in [1.54, 1.807) is 11.1 Å². The van der Waals surface area contributed by atoms with E-state index in [-0.39, 0.29) is 22.5 Å². The van der Waals surface area contributed by atoms with E-state index >= 15 is 0 Å². The molecule has 1 amide bonds. The topological polar surface area (TPSA) is 53.9 Å². The smallest absolute Gasteiger partial charge is 0.270 e. The first-order chi connectivity index (χ1) is 11.5. The van der Waals surface area contributed by atoms with Gasteiger partial charge in [-0.05, 0) is 31.0 Å². The number of H-pyrrole nitrogens is 1. The van der Waals surface area contributed by atoms with Crippen molar-refractivity contribution in [2.75, 3.05) is 6.54 Å². The van der Waals surface area contributed by atoms with Crippen LogP contribution >= 0.6 is 0 Å². The fourth-order valence-corrected chi connectivity index (χ4v) is 3.29. The van der Waals surface area contributed by atoms with Crippen LogP contribution in [0, 0.1) is 11.6 Å². The molecule has 1 aliphatic heterocycles. The second-order valence-electron chi connectivity index (χ2n) is 6.07. The molecular weight excluding hydrogens is 314 g/mol. The first kappa shape index (κ1) is 14.9. The molecule has 1 aromatic carbocycles. The molecule has 3 aromatic rings. The monoisotopic (exact) mass is 330 g/mol. The number of carbonyl (C=O) groups is 1. The summed E-state index contributed by atoms with van der Waals surface area (Å²) in [6.07, 6.45) is 3.44. The van der Waals surface area contributed by atoms with E-state index in [4.69, 9.17) is 0 Å². The van der Waals surface area contributed by atoms with Crippen LogP contribution in [0.25, 0.3) is 10.9 Å². The van der Waals surface area contributed by atoms with E-state index in [1.807, 2.05) is 11.7 Å². The van der Waals surface area contributed by atoms with Crippen LogP contribution < -0.4 is 0 Å². The third-order valence-electron chi connectivity index (χ3n) is 4.56. The van der Waals surface area contributed by atoms with Crippen LogP contribution in [0.5, 0.6) is 0 Å². The Morgan fingerprint density at radius 1 is 1.29 bits per heavy atom. The SMILES string of the molecule is Cn1ncc2c1CCCN(C(=O)c1cc3c(F)ccc(F)c3[nH]1)C2. The average Bonchev–Trinajstić information content (AvgIpc) is 3.09. The van der Waals surface area contributed by atoms with Gasteiger partial charge >= 0.3 is 0 Å². The van der Waals surface area contributed by atoms with Gasteiger partial charge in [0.05, 0.1) is 11.7 Å². The van der Waals surface area contributed by atoms with Crippen molar-refractivity contribution in [2.24, 2.45) is 7.05 Å². The van der Waals surface area contributed by atoms with Gasteiger partial charge in [-0.25, -0.2) is 8.78 Å². The highest BCUT2D eigenvalue weighted by molar-refractivity contribution is 5.98. The van der Waals surface area contributed by atoms with E-state index in [1.165, 1.54) is 6.07 Å². The number of amides is 1. The zero-order valence-electron chi connectivity index (χ0n) is 13.1. The van der Waals surface area contributed by atoms with Crippen molar-refractivity contribution in [2.45, 2.75) is 19.4 Å². The number of rotatable bonds is 1. The van der Waals surface area contributed by atoms with E-state index in [2.05, 4.69) is 10.1 Å². The molecular formula is C17H16F2N4O. The number of halogens is 2. The van der Waals surface area contributed by atoms with Crippen LogP contribution in [-0.4, -0.2) is 32.1 Å². The molecule has 1 N–H and O–H groups in total. The second-order valence-corrected chi connectivity index (χ2v) is 6.07. The molecule has 0 saturated carbocycles. The number of aromatic nitrogens is 3. The second kappa shape index (κ2) is 5.43. The molecule has 0 spiro atoms. The summed E-state index contributed by atoms with van der Waals surface area (Å²) in [6.45, 7) is 1.04. The van der Waals surface area contributed by atoms with Gasteiger partial charge in [0.2, 0.25) is 0 Å². The Kier molecular flexibility index (Phi) is 3.37. The molecule has 0 saturated heterocycles. The van der Waals surface area contributed by atoms with Gasteiger partial charge in [0, 0.05) is 36.8 Å². The number of fused-ring (bicyclic) bond motifs is 2. The lowest BCUT2D eigenvalue weighted by atomic mass is 10.2. The Balaban J connectivity index is 1.69. The van der Waals surface area contributed by atoms with Gasteiger partial charge in [-0.1, -0.05) is 0 Å². The number of aromatic amines is 1. The maximum absolute atomic E-state index is 13.8. The van der Waals surface area contributed by atoms with Crippen molar-refractivity contribution in [3.63, 3.8) is 0 Å². The minimum Gasteiger partial charge on any atom is -0.348 e. The van der Waals surface area contributed by atoms with Crippen LogP contribution in [0.2, 0.25) is 0 Å². The molecule has 0 atom stereocenters. The maximum atomic E-state index is 13.8. The molecule has 0 fully saturated rings. The number of nitrogens with zero attached hydrogens (tertiary/aromatic N) is 3. The quantitative estimate of drug-likeness (QED) is 0.746. The lowest BCUT2D eigenvalue weighted by molar-refractivity contribution is 0.0741. The van der Waals surface area contributed by atoms with Crippen molar-refractivity contribution in [1.29, 1.82) is 0 Å². The van der Waals surface area contributed by atoms with Crippen molar-refractivity contribution < 1.29 is 13.6 Å². The third-order valence-corrected chi connectivity index (χ3v) is 4.56. The summed E-state index contributed by atoms with van der Waals surface area (Å²) < 4.78 is 29.5. The number of carbonyl (C=O) groups excluding carboxylic acids is 1. The summed E-state index contributed by atoms with van der Waals surface area (Å²) in [4.78, 5) is 17.2. The minimum atomic E-state index is -0.573. The lowest BCUT2D eigenvalue weighted by Crippen LogP contribution is -2.30. The molecule has 0 unspecified atom stereocenters. The summed E-state index contributed by atoms with van der Waals surface area (Å²) in [6, 6.07) is 3.50. The van der Waals surface area contributed by atoms with Crippen molar-refractivity contribution >= 4 is 16.8 Å². The molecule has 24 heavy (non-hydrogen) atoms. The first-order valence-corrected chi connectivity index (χ1v) is 7.80. The standard InChI is InChI=1S/C17H16F2N4O/c1-22-15-3-2-6-23(9-10(15)8-20-22)17(24)14-7-11-12(18)4-5-13(19)16(11)21-14/h4-5,7-8,21H,2-3,6,9H2,1H3. The van der Waals surface area contributed by atoms with Crippen LogP contribution in [0.1, 0.15) is 28.2 Å². The molecule has 1 aliphatic rings. The predicted molar refractivity (Wildman–Crippen MR) is 84.5 cm³/mol. The zero-order valence-corrected chi connectivity index (χ0v) is 13.1. The third kappa shape index (κ3) is 2.28. The van der Waals surface area contributed by atoms with Gasteiger partial charge < -0.3 is 9.88 Å². The van der Waals surface area contributed by atoms with Crippen LogP contribution in [0.15, 0.2) is 24.4 Å². The Labute approximate surface area is 136 Å². The summed E-state index contributed by atoms with van der Waals surface area (Å²) in [5.41, 5.74) is 2.35. The molecule has 0 bridgehead atoms. The van der Waals surface area contributed by atoms with Crippen LogP contribution in [0.4, 0.5) is 8.78 Å². The summed E-state index contributed by atoms with van der Waals surface area (Å²) >= 11 is 0. The van der Waals surface area contributed by atoms with Gasteiger partial charge in [0.1, 0.15) is 17.3 Å². The molecule has 124 valence electrons. The first-order valence-electron chi connectivity index (χ1n) is 7.80. The maximum Gasteiger partial charge on any atom is 0.270 e. The Morgan fingerprint density at radius 2 is 2.08 bits per heavy atom. The van der Waals surface area contributed by atoms with E-state index in [9.17, 15) is 13.6 Å². The van der Waals surface area contributed by atoms with Gasteiger partial charge in [-0.2, -0.15) is 5.10 Å². The van der Waals surface area contributed by atoms with Crippen molar-refractivity contribution in [1.82, 2.24) is 19.7 Å². The number of hydrogen-bond donors (Lipinski definition) is 1. The summed E-state index contributed by atoms with van der Waals surface area (Å²) in [5.74, 6) is -1.38.